The van der Waals surface area contributed by atoms with Gasteiger partial charge in [-0.2, -0.15) is 0 Å². The van der Waals surface area contributed by atoms with E-state index >= 15 is 0 Å². The van der Waals surface area contributed by atoms with Gasteiger partial charge in [0.25, 0.3) is 0 Å². The van der Waals surface area contributed by atoms with Crippen LogP contribution in [0.1, 0.15) is 16.3 Å². The van der Waals surface area contributed by atoms with Gasteiger partial charge in [-0.15, -0.1) is 0 Å². The molecule has 0 amide bonds. The fourth-order valence-corrected chi connectivity index (χ4v) is 1.73. The molecule has 0 fully saturated rings. The van der Waals surface area contributed by atoms with Crippen LogP contribution in [0.4, 0.5) is 13.2 Å². The Balaban J connectivity index is 2.67. The molecule has 0 aliphatic heterocycles. The van der Waals surface area contributed by atoms with Crippen LogP contribution in [0.2, 0.25) is 0 Å². The topological polar surface area (TPSA) is 34.9 Å². The van der Waals surface area contributed by atoms with Gasteiger partial charge in [0, 0.05) is 5.69 Å². The molecule has 0 atom stereocenters. The summed E-state index contributed by atoms with van der Waals surface area (Å²) in [5.41, 5.74) is -0.0590. The summed E-state index contributed by atoms with van der Waals surface area (Å²) < 4.78 is 40.2. The minimum Gasteiger partial charge on any atom is -0.296 e. The van der Waals surface area contributed by atoms with Crippen molar-refractivity contribution in [2.75, 3.05) is 0 Å². The number of aromatic nitrogens is 2. The van der Waals surface area contributed by atoms with Crippen molar-refractivity contribution in [1.29, 1.82) is 0 Å². The van der Waals surface area contributed by atoms with Crippen molar-refractivity contribution < 1.29 is 18.0 Å². The summed E-state index contributed by atoms with van der Waals surface area (Å²) in [4.78, 5) is 14.8. The molecule has 102 valence electrons. The van der Waals surface area contributed by atoms with Crippen LogP contribution >= 0.6 is 0 Å². The van der Waals surface area contributed by atoms with Crippen LogP contribution in [0.15, 0.2) is 49.2 Å². The normalized spacial score (nSPS) is 11.4. The number of carbonyl (C=O) groups is 1. The lowest BCUT2D eigenvalue weighted by Gasteiger charge is -2.10. The lowest BCUT2D eigenvalue weighted by Crippen LogP contribution is -2.04. The fraction of sp³-hybridized carbons (Fsp3) is 0. The maximum atomic E-state index is 13.2. The minimum atomic E-state index is -1.03. The van der Waals surface area contributed by atoms with E-state index in [1.54, 1.807) is 0 Å². The Morgan fingerprint density at radius 2 is 1.95 bits per heavy atom. The van der Waals surface area contributed by atoms with Crippen LogP contribution in [-0.2, 0) is 0 Å². The van der Waals surface area contributed by atoms with Crippen molar-refractivity contribution in [1.82, 2.24) is 9.55 Å². The molecule has 20 heavy (non-hydrogen) atoms. The van der Waals surface area contributed by atoms with Gasteiger partial charge in [-0.3, -0.25) is 9.36 Å². The molecule has 6 heteroatoms. The molecule has 1 aromatic heterocycles. The zero-order chi connectivity index (χ0) is 14.7. The van der Waals surface area contributed by atoms with Crippen LogP contribution in [-0.4, -0.2) is 15.8 Å². The van der Waals surface area contributed by atoms with E-state index in [9.17, 15) is 18.0 Å². The number of hydrogen-bond acceptors (Lipinski definition) is 2. The van der Waals surface area contributed by atoms with E-state index in [0.717, 1.165) is 18.3 Å². The van der Waals surface area contributed by atoms with Crippen molar-refractivity contribution in [3.63, 3.8) is 0 Å². The summed E-state index contributed by atoms with van der Waals surface area (Å²) >= 11 is 0. The average Bonchev–Trinajstić information content (AvgIpc) is 2.84. The Kier molecular flexibility index (Phi) is 3.84. The van der Waals surface area contributed by atoms with Crippen molar-refractivity contribution in [3.05, 3.63) is 66.5 Å². The Morgan fingerprint density at radius 3 is 2.45 bits per heavy atom. The SMILES string of the molecule is C=C(F)C(=CF)c1ncc(C=O)n1-c1ccc(F)cc1. The molecule has 1 aromatic carbocycles. The predicted molar refractivity (Wildman–Crippen MR) is 68.2 cm³/mol. The number of benzene rings is 1. The van der Waals surface area contributed by atoms with E-state index in [4.69, 9.17) is 0 Å². The molecule has 2 aromatic rings. The zero-order valence-corrected chi connectivity index (χ0v) is 10.2. The van der Waals surface area contributed by atoms with Gasteiger partial charge in [0.1, 0.15) is 29.5 Å². The summed E-state index contributed by atoms with van der Waals surface area (Å²) in [5.74, 6) is -1.63. The molecule has 0 aliphatic rings. The number of imidazole rings is 1. The van der Waals surface area contributed by atoms with Crippen molar-refractivity contribution in [2.24, 2.45) is 0 Å². The van der Waals surface area contributed by atoms with E-state index < -0.39 is 17.2 Å². The summed E-state index contributed by atoms with van der Waals surface area (Å²) in [5, 5.41) is 0. The molecule has 2 rings (SSSR count). The summed E-state index contributed by atoms with van der Waals surface area (Å²) in [6, 6.07) is 5.06. The van der Waals surface area contributed by atoms with Gasteiger partial charge in [-0.1, -0.05) is 6.58 Å². The third kappa shape index (κ3) is 2.40. The fourth-order valence-electron chi connectivity index (χ4n) is 1.73. The second-order valence-corrected chi connectivity index (χ2v) is 3.86. The highest BCUT2D eigenvalue weighted by molar-refractivity contribution is 5.79. The maximum Gasteiger partial charge on any atom is 0.168 e. The Hall–Kier alpha value is -2.63. The number of hydrogen-bond donors (Lipinski definition) is 0. The molecule has 0 bridgehead atoms. The number of halogens is 3. The number of rotatable bonds is 4. The number of nitrogens with zero attached hydrogens (tertiary/aromatic N) is 2. The third-order valence-electron chi connectivity index (χ3n) is 2.64. The van der Waals surface area contributed by atoms with Gasteiger partial charge in [0.2, 0.25) is 0 Å². The van der Waals surface area contributed by atoms with Crippen LogP contribution in [0, 0.1) is 5.82 Å². The van der Waals surface area contributed by atoms with Crippen LogP contribution in [0.5, 0.6) is 0 Å². The molecule has 0 saturated heterocycles. The monoisotopic (exact) mass is 278 g/mol. The Morgan fingerprint density at radius 1 is 1.30 bits per heavy atom. The highest BCUT2D eigenvalue weighted by atomic mass is 19.1. The first-order valence-corrected chi connectivity index (χ1v) is 5.53. The molecule has 0 saturated carbocycles. The summed E-state index contributed by atoms with van der Waals surface area (Å²) in [6.07, 6.45) is 1.66. The predicted octanol–water partition coefficient (Wildman–Crippen LogP) is 3.62. The van der Waals surface area contributed by atoms with Crippen LogP contribution < -0.4 is 0 Å². The van der Waals surface area contributed by atoms with Gasteiger partial charge in [-0.05, 0) is 24.3 Å². The maximum absolute atomic E-state index is 13.2. The molecule has 0 N–H and O–H groups in total. The Labute approximate surface area is 112 Å². The molecule has 0 spiro atoms. The van der Waals surface area contributed by atoms with Crippen molar-refractivity contribution >= 4 is 11.9 Å². The third-order valence-corrected chi connectivity index (χ3v) is 2.64. The molecule has 1 heterocycles. The van der Waals surface area contributed by atoms with Crippen LogP contribution in [0.25, 0.3) is 11.3 Å². The second kappa shape index (κ2) is 5.56. The van der Waals surface area contributed by atoms with Gasteiger partial charge >= 0.3 is 0 Å². The van der Waals surface area contributed by atoms with E-state index in [-0.39, 0.29) is 17.8 Å². The zero-order valence-electron chi connectivity index (χ0n) is 10.2. The quantitative estimate of drug-likeness (QED) is 0.632. The smallest absolute Gasteiger partial charge is 0.168 e. The molecule has 0 unspecified atom stereocenters. The Bertz CT molecular complexity index is 687. The highest BCUT2D eigenvalue weighted by Crippen LogP contribution is 2.26. The van der Waals surface area contributed by atoms with Gasteiger partial charge < -0.3 is 0 Å². The van der Waals surface area contributed by atoms with Gasteiger partial charge in [0.05, 0.1) is 11.8 Å². The molecular formula is C14H9F3N2O. The van der Waals surface area contributed by atoms with Gasteiger partial charge in [-0.25, -0.2) is 18.2 Å². The standard InChI is InChI=1S/C14H9F3N2O/c1-9(16)13(6-15)14-18-7-12(8-20)19(14)11-4-2-10(17)3-5-11/h2-8H,1H2. The van der Waals surface area contributed by atoms with E-state index in [1.807, 2.05) is 0 Å². The van der Waals surface area contributed by atoms with Gasteiger partial charge in [0.15, 0.2) is 6.29 Å². The van der Waals surface area contributed by atoms with Crippen LogP contribution in [0.3, 0.4) is 0 Å². The number of carbonyl (C=O) groups excluding carboxylic acids is 1. The lowest BCUT2D eigenvalue weighted by atomic mass is 10.2. The average molecular weight is 278 g/mol. The summed E-state index contributed by atoms with van der Waals surface area (Å²) in [7, 11) is 0. The first-order chi connectivity index (χ1) is 9.58. The molecular weight excluding hydrogens is 269 g/mol. The molecule has 0 aliphatic carbocycles. The van der Waals surface area contributed by atoms with E-state index in [1.165, 1.54) is 16.7 Å². The molecule has 3 nitrogen and oxygen atoms in total. The number of allylic oxidation sites excluding steroid dienone is 2. The minimum absolute atomic E-state index is 0.0132. The highest BCUT2D eigenvalue weighted by Gasteiger charge is 2.17. The first kappa shape index (κ1) is 13.8. The number of aldehydes is 1. The summed E-state index contributed by atoms with van der Waals surface area (Å²) in [6.45, 7) is 3.01. The van der Waals surface area contributed by atoms with Crippen molar-refractivity contribution in [3.8, 4) is 5.69 Å². The van der Waals surface area contributed by atoms with Crippen molar-refractivity contribution in [2.45, 2.75) is 0 Å². The first-order valence-electron chi connectivity index (χ1n) is 5.53. The lowest BCUT2D eigenvalue weighted by molar-refractivity contribution is 0.111. The van der Waals surface area contributed by atoms with E-state index in [2.05, 4.69) is 11.6 Å². The molecule has 0 radical (unpaired) electrons. The largest absolute Gasteiger partial charge is 0.296 e. The second-order valence-electron chi connectivity index (χ2n) is 3.86. The van der Waals surface area contributed by atoms with E-state index in [0.29, 0.717) is 12.0 Å².